The van der Waals surface area contributed by atoms with Crippen LogP contribution in [0, 0.1) is 5.41 Å². The van der Waals surface area contributed by atoms with Gasteiger partial charge < -0.3 is 10.3 Å². The van der Waals surface area contributed by atoms with Gasteiger partial charge in [-0.15, -0.1) is 0 Å². The third kappa shape index (κ3) is 4.50. The summed E-state index contributed by atoms with van der Waals surface area (Å²) in [5.41, 5.74) is 0.985. The van der Waals surface area contributed by atoms with Crippen molar-refractivity contribution < 1.29 is 13.6 Å². The van der Waals surface area contributed by atoms with E-state index in [0.717, 1.165) is 6.42 Å². The Morgan fingerprint density at radius 2 is 1.91 bits per heavy atom. The predicted octanol–water partition coefficient (Wildman–Crippen LogP) is 4.45. The molecule has 1 aromatic heterocycles. The summed E-state index contributed by atoms with van der Waals surface area (Å²) in [6, 6.07) is 4.72. The quantitative estimate of drug-likeness (QED) is 0.873. The third-order valence-electron chi connectivity index (χ3n) is 3.39. The average molecular weight is 323 g/mol. The Morgan fingerprint density at radius 3 is 2.48 bits per heavy atom. The first kappa shape index (κ1) is 17.4. The van der Waals surface area contributed by atoms with E-state index in [9.17, 15) is 13.6 Å². The summed E-state index contributed by atoms with van der Waals surface area (Å²) < 4.78 is 25.3. The van der Waals surface area contributed by atoms with Crippen LogP contribution in [-0.4, -0.2) is 21.4 Å². The SMILES string of the molecule is CC(C)(C)CC(C)(C)NC(=O)c1ccc2nc(C(F)F)[nH]c2c1. The molecule has 0 unspecified atom stereocenters. The van der Waals surface area contributed by atoms with Gasteiger partial charge in [0.1, 0.15) is 0 Å². The van der Waals surface area contributed by atoms with Crippen LogP contribution in [-0.2, 0) is 0 Å². The fourth-order valence-electron chi connectivity index (χ4n) is 3.02. The largest absolute Gasteiger partial charge is 0.347 e. The van der Waals surface area contributed by atoms with Gasteiger partial charge in [0, 0.05) is 11.1 Å². The van der Waals surface area contributed by atoms with Crippen molar-refractivity contribution in [2.24, 2.45) is 5.41 Å². The highest BCUT2D eigenvalue weighted by molar-refractivity contribution is 5.97. The lowest BCUT2D eigenvalue weighted by Gasteiger charge is -2.33. The standard InChI is InChI=1S/C17H23F2N3O/c1-16(2,3)9-17(4,5)22-15(23)10-6-7-11-12(8-10)21-14(20-11)13(18)19/h6-8,13H,9H2,1-5H3,(H,20,21)(H,22,23). The number of aromatic nitrogens is 2. The maximum atomic E-state index is 12.7. The Hall–Kier alpha value is -1.98. The second kappa shape index (κ2) is 5.91. The van der Waals surface area contributed by atoms with E-state index in [2.05, 4.69) is 36.1 Å². The van der Waals surface area contributed by atoms with Gasteiger partial charge in [0.05, 0.1) is 11.0 Å². The number of alkyl halides is 2. The molecule has 2 aromatic rings. The molecule has 0 bridgehead atoms. The number of rotatable bonds is 4. The monoisotopic (exact) mass is 323 g/mol. The van der Waals surface area contributed by atoms with Gasteiger partial charge >= 0.3 is 0 Å². The van der Waals surface area contributed by atoms with Crippen molar-refractivity contribution in [1.82, 2.24) is 15.3 Å². The Morgan fingerprint density at radius 1 is 1.26 bits per heavy atom. The molecule has 0 aliphatic heterocycles. The lowest BCUT2D eigenvalue weighted by Crippen LogP contribution is -2.45. The molecule has 6 heteroatoms. The van der Waals surface area contributed by atoms with Crippen LogP contribution in [0.5, 0.6) is 0 Å². The van der Waals surface area contributed by atoms with E-state index in [1.165, 1.54) is 0 Å². The van der Waals surface area contributed by atoms with Crippen LogP contribution < -0.4 is 5.32 Å². The van der Waals surface area contributed by atoms with E-state index in [0.29, 0.717) is 16.6 Å². The number of aromatic amines is 1. The second-order valence-corrected chi connectivity index (χ2v) is 7.73. The lowest BCUT2D eigenvalue weighted by molar-refractivity contribution is 0.0891. The number of nitrogens with one attached hydrogen (secondary N) is 2. The Kier molecular flexibility index (Phi) is 4.46. The first-order chi connectivity index (χ1) is 10.5. The molecule has 0 saturated carbocycles. The molecule has 0 atom stereocenters. The molecule has 4 nitrogen and oxygen atoms in total. The van der Waals surface area contributed by atoms with Crippen LogP contribution in [0.15, 0.2) is 18.2 Å². The van der Waals surface area contributed by atoms with E-state index < -0.39 is 6.43 Å². The maximum absolute atomic E-state index is 12.7. The van der Waals surface area contributed by atoms with Crippen molar-refractivity contribution in [3.63, 3.8) is 0 Å². The molecule has 126 valence electrons. The van der Waals surface area contributed by atoms with Crippen LogP contribution >= 0.6 is 0 Å². The van der Waals surface area contributed by atoms with E-state index in [1.807, 2.05) is 13.8 Å². The minimum absolute atomic E-state index is 0.0796. The topological polar surface area (TPSA) is 57.8 Å². The number of fused-ring (bicyclic) bond motifs is 1. The number of carbonyl (C=O) groups is 1. The van der Waals surface area contributed by atoms with Gasteiger partial charge in [-0.1, -0.05) is 20.8 Å². The van der Waals surface area contributed by atoms with Crippen molar-refractivity contribution >= 4 is 16.9 Å². The first-order valence-electron chi connectivity index (χ1n) is 7.57. The summed E-state index contributed by atoms with van der Waals surface area (Å²) in [4.78, 5) is 18.8. The third-order valence-corrected chi connectivity index (χ3v) is 3.39. The molecule has 2 rings (SSSR count). The molecule has 0 radical (unpaired) electrons. The number of imidazole rings is 1. The lowest BCUT2D eigenvalue weighted by atomic mass is 9.81. The van der Waals surface area contributed by atoms with Crippen molar-refractivity contribution in [3.8, 4) is 0 Å². The van der Waals surface area contributed by atoms with Crippen LogP contribution in [0.25, 0.3) is 11.0 Å². The Balaban J connectivity index is 2.21. The van der Waals surface area contributed by atoms with E-state index in [1.54, 1.807) is 18.2 Å². The van der Waals surface area contributed by atoms with Gasteiger partial charge in [-0.25, -0.2) is 13.8 Å². The zero-order valence-electron chi connectivity index (χ0n) is 14.1. The zero-order valence-corrected chi connectivity index (χ0v) is 14.1. The van der Waals surface area contributed by atoms with Gasteiger partial charge in [-0.3, -0.25) is 4.79 Å². The summed E-state index contributed by atoms with van der Waals surface area (Å²) in [5, 5.41) is 3.00. The molecule has 1 amide bonds. The summed E-state index contributed by atoms with van der Waals surface area (Å²) in [7, 11) is 0. The number of hydrogen-bond acceptors (Lipinski definition) is 2. The molecule has 0 fully saturated rings. The normalized spacial score (nSPS) is 12.9. The van der Waals surface area contributed by atoms with Crippen molar-refractivity contribution in [2.45, 2.75) is 53.0 Å². The van der Waals surface area contributed by atoms with Crippen molar-refractivity contribution in [3.05, 3.63) is 29.6 Å². The van der Waals surface area contributed by atoms with E-state index in [4.69, 9.17) is 0 Å². The molecule has 1 heterocycles. The van der Waals surface area contributed by atoms with Crippen molar-refractivity contribution in [1.29, 1.82) is 0 Å². The van der Waals surface area contributed by atoms with Gasteiger partial charge in [0.15, 0.2) is 5.82 Å². The molecule has 0 saturated heterocycles. The van der Waals surface area contributed by atoms with Crippen LogP contribution in [0.4, 0.5) is 8.78 Å². The first-order valence-corrected chi connectivity index (χ1v) is 7.57. The average Bonchev–Trinajstić information content (AvgIpc) is 2.77. The fourth-order valence-corrected chi connectivity index (χ4v) is 3.02. The number of halogens is 2. The number of amides is 1. The molecular formula is C17H23F2N3O. The van der Waals surface area contributed by atoms with Crippen LogP contribution in [0.1, 0.15) is 63.6 Å². The maximum Gasteiger partial charge on any atom is 0.295 e. The Labute approximate surface area is 134 Å². The second-order valence-electron chi connectivity index (χ2n) is 7.73. The molecule has 23 heavy (non-hydrogen) atoms. The minimum atomic E-state index is -2.66. The predicted molar refractivity (Wildman–Crippen MR) is 86.7 cm³/mol. The highest BCUT2D eigenvalue weighted by atomic mass is 19.3. The zero-order chi connectivity index (χ0) is 17.4. The minimum Gasteiger partial charge on any atom is -0.347 e. The number of hydrogen-bond donors (Lipinski definition) is 2. The summed E-state index contributed by atoms with van der Waals surface area (Å²) in [5.74, 6) is -0.611. The van der Waals surface area contributed by atoms with Crippen LogP contribution in [0.2, 0.25) is 0 Å². The van der Waals surface area contributed by atoms with E-state index >= 15 is 0 Å². The number of carbonyl (C=O) groups excluding carboxylic acids is 1. The molecule has 1 aromatic carbocycles. The highest BCUT2D eigenvalue weighted by Crippen LogP contribution is 2.27. The molecule has 0 aliphatic rings. The molecule has 0 spiro atoms. The fraction of sp³-hybridized carbons (Fsp3) is 0.529. The molecule has 2 N–H and O–H groups in total. The highest BCUT2D eigenvalue weighted by Gasteiger charge is 2.27. The van der Waals surface area contributed by atoms with Gasteiger partial charge in [-0.2, -0.15) is 0 Å². The Bertz CT molecular complexity index is 714. The van der Waals surface area contributed by atoms with E-state index in [-0.39, 0.29) is 22.7 Å². The van der Waals surface area contributed by atoms with Gasteiger partial charge in [-0.05, 0) is 43.9 Å². The summed E-state index contributed by atoms with van der Waals surface area (Å²) >= 11 is 0. The summed E-state index contributed by atoms with van der Waals surface area (Å²) in [6.45, 7) is 10.3. The van der Waals surface area contributed by atoms with Crippen molar-refractivity contribution in [2.75, 3.05) is 0 Å². The number of nitrogens with zero attached hydrogens (tertiary/aromatic N) is 1. The van der Waals surface area contributed by atoms with Gasteiger partial charge in [0.25, 0.3) is 12.3 Å². The smallest absolute Gasteiger partial charge is 0.295 e. The number of H-pyrrole nitrogens is 1. The molecule has 0 aliphatic carbocycles. The summed E-state index contributed by atoms with van der Waals surface area (Å²) in [6.07, 6.45) is -1.85. The molecular weight excluding hydrogens is 300 g/mol. The number of benzene rings is 1. The van der Waals surface area contributed by atoms with Gasteiger partial charge in [0.2, 0.25) is 0 Å². The van der Waals surface area contributed by atoms with Crippen LogP contribution in [0.3, 0.4) is 0 Å².